The van der Waals surface area contributed by atoms with Gasteiger partial charge in [0, 0.05) is 38.8 Å². The van der Waals surface area contributed by atoms with E-state index in [4.69, 9.17) is 0 Å². The molecule has 0 saturated carbocycles. The summed E-state index contributed by atoms with van der Waals surface area (Å²) in [7, 11) is 0. The molecule has 3 rings (SSSR count). The molecule has 1 aliphatic heterocycles. The quantitative estimate of drug-likeness (QED) is 0.813. The van der Waals surface area contributed by atoms with E-state index in [0.29, 0.717) is 13.1 Å². The van der Waals surface area contributed by atoms with Gasteiger partial charge in [0.2, 0.25) is 0 Å². The third kappa shape index (κ3) is 4.42. The summed E-state index contributed by atoms with van der Waals surface area (Å²) in [5.74, 6) is 0. The van der Waals surface area contributed by atoms with Crippen LogP contribution in [0.5, 0.6) is 0 Å². The first-order valence-corrected chi connectivity index (χ1v) is 8.59. The molecule has 4 heteroatoms. The molecule has 0 aromatic heterocycles. The van der Waals surface area contributed by atoms with Crippen LogP contribution in [0.2, 0.25) is 0 Å². The third-order valence-electron chi connectivity index (χ3n) is 4.67. The predicted octanol–water partition coefficient (Wildman–Crippen LogP) is 1.73. The minimum absolute atomic E-state index is 0.0565. The molecular weight excluding hydrogens is 300 g/mol. The van der Waals surface area contributed by atoms with Gasteiger partial charge in [0.1, 0.15) is 0 Å². The van der Waals surface area contributed by atoms with Crippen LogP contribution in [0.4, 0.5) is 0 Å². The van der Waals surface area contributed by atoms with E-state index >= 15 is 0 Å². The van der Waals surface area contributed by atoms with Crippen LogP contribution in [0.15, 0.2) is 60.7 Å². The van der Waals surface area contributed by atoms with Crippen LogP contribution in [0, 0.1) is 0 Å². The van der Waals surface area contributed by atoms with Crippen molar-refractivity contribution in [3.63, 3.8) is 0 Å². The Morgan fingerprint density at radius 3 is 2.17 bits per heavy atom. The first-order valence-electron chi connectivity index (χ1n) is 8.59. The minimum atomic E-state index is -0.385. The molecule has 2 aromatic rings. The molecule has 1 fully saturated rings. The van der Waals surface area contributed by atoms with E-state index in [2.05, 4.69) is 34.1 Å². The lowest BCUT2D eigenvalue weighted by Gasteiger charge is -2.30. The number of aliphatic hydroxyl groups is 2. The summed E-state index contributed by atoms with van der Waals surface area (Å²) in [5.41, 5.74) is 2.47. The molecule has 2 atom stereocenters. The van der Waals surface area contributed by atoms with Crippen molar-refractivity contribution in [2.75, 3.05) is 26.2 Å². The topological polar surface area (TPSA) is 46.9 Å². The van der Waals surface area contributed by atoms with Crippen LogP contribution in [0.25, 0.3) is 0 Å². The Balaban J connectivity index is 1.64. The molecule has 128 valence electrons. The third-order valence-corrected chi connectivity index (χ3v) is 4.67. The van der Waals surface area contributed by atoms with Crippen molar-refractivity contribution >= 4 is 0 Å². The highest BCUT2D eigenvalue weighted by atomic mass is 16.3. The highest BCUT2D eigenvalue weighted by Crippen LogP contribution is 2.20. The molecule has 0 amide bonds. The number of likely N-dealkylation sites (tertiary alicyclic amines) is 1. The highest BCUT2D eigenvalue weighted by Gasteiger charge is 2.35. The van der Waals surface area contributed by atoms with Crippen molar-refractivity contribution in [2.24, 2.45) is 0 Å². The molecule has 4 nitrogen and oxygen atoms in total. The van der Waals surface area contributed by atoms with E-state index in [9.17, 15) is 10.2 Å². The number of β-amino-alcohol motifs (C(OH)–C–C–N with tert-alkyl or cyclic N) is 1. The SMILES string of the molecule is OCCN(Cc1ccccc1)[C@H]1CN(Cc2ccccc2)C[C@@H]1O. The maximum absolute atomic E-state index is 10.5. The van der Waals surface area contributed by atoms with Gasteiger partial charge < -0.3 is 10.2 Å². The Labute approximate surface area is 144 Å². The normalized spacial score (nSPS) is 21.5. The van der Waals surface area contributed by atoms with Crippen molar-refractivity contribution in [1.82, 2.24) is 9.80 Å². The smallest absolute Gasteiger partial charge is 0.0834 e. The van der Waals surface area contributed by atoms with Gasteiger partial charge in [0.05, 0.1) is 12.7 Å². The zero-order chi connectivity index (χ0) is 16.8. The van der Waals surface area contributed by atoms with Crippen LogP contribution in [-0.4, -0.2) is 58.4 Å². The van der Waals surface area contributed by atoms with Crippen molar-refractivity contribution in [2.45, 2.75) is 25.2 Å². The Bertz CT molecular complexity index is 606. The molecule has 1 heterocycles. The molecule has 0 aliphatic carbocycles. The average Bonchev–Trinajstić information content (AvgIpc) is 2.96. The summed E-state index contributed by atoms with van der Waals surface area (Å²) in [5, 5.41) is 20.0. The molecule has 0 spiro atoms. The van der Waals surface area contributed by atoms with Gasteiger partial charge in [-0.3, -0.25) is 9.80 Å². The van der Waals surface area contributed by atoms with Crippen LogP contribution in [-0.2, 0) is 13.1 Å². The van der Waals surface area contributed by atoms with Crippen molar-refractivity contribution in [3.8, 4) is 0 Å². The van der Waals surface area contributed by atoms with Gasteiger partial charge in [-0.1, -0.05) is 60.7 Å². The zero-order valence-electron chi connectivity index (χ0n) is 14.0. The summed E-state index contributed by atoms with van der Waals surface area (Å²) in [4.78, 5) is 4.49. The molecule has 0 bridgehead atoms. The lowest BCUT2D eigenvalue weighted by Crippen LogP contribution is -2.44. The molecule has 0 unspecified atom stereocenters. The highest BCUT2D eigenvalue weighted by molar-refractivity contribution is 5.16. The van der Waals surface area contributed by atoms with Crippen LogP contribution in [0.1, 0.15) is 11.1 Å². The average molecular weight is 326 g/mol. The molecule has 1 aliphatic rings. The second kappa shape index (κ2) is 8.40. The van der Waals surface area contributed by atoms with Crippen molar-refractivity contribution in [1.29, 1.82) is 0 Å². The number of nitrogens with zero attached hydrogens (tertiary/aromatic N) is 2. The van der Waals surface area contributed by atoms with Crippen molar-refractivity contribution in [3.05, 3.63) is 71.8 Å². The Hall–Kier alpha value is -1.72. The van der Waals surface area contributed by atoms with Crippen LogP contribution < -0.4 is 0 Å². The Kier molecular flexibility index (Phi) is 5.99. The summed E-state index contributed by atoms with van der Waals surface area (Å²) in [6, 6.07) is 20.7. The fraction of sp³-hybridized carbons (Fsp3) is 0.400. The molecule has 24 heavy (non-hydrogen) atoms. The lowest BCUT2D eigenvalue weighted by molar-refractivity contribution is 0.0655. The standard InChI is InChI=1S/C20H26N2O2/c23-12-11-22(14-18-9-5-2-6-10-18)19-15-21(16-20(19)24)13-17-7-3-1-4-8-17/h1-10,19-20,23-24H,11-16H2/t19-,20-/m0/s1. The first kappa shape index (κ1) is 17.1. The fourth-order valence-electron chi connectivity index (χ4n) is 3.49. The summed E-state index contributed by atoms with van der Waals surface area (Å²) < 4.78 is 0. The second-order valence-corrected chi connectivity index (χ2v) is 6.49. The monoisotopic (exact) mass is 326 g/mol. The zero-order valence-corrected chi connectivity index (χ0v) is 14.0. The van der Waals surface area contributed by atoms with E-state index in [0.717, 1.165) is 19.6 Å². The Morgan fingerprint density at radius 2 is 1.54 bits per heavy atom. The van der Waals surface area contributed by atoms with Crippen LogP contribution >= 0.6 is 0 Å². The summed E-state index contributed by atoms with van der Waals surface area (Å²) >= 11 is 0. The predicted molar refractivity (Wildman–Crippen MR) is 95.5 cm³/mol. The number of benzene rings is 2. The number of rotatable bonds is 7. The van der Waals surface area contributed by atoms with Gasteiger partial charge in [0.25, 0.3) is 0 Å². The van der Waals surface area contributed by atoms with Gasteiger partial charge >= 0.3 is 0 Å². The molecule has 0 radical (unpaired) electrons. The fourth-order valence-corrected chi connectivity index (χ4v) is 3.49. The first-order chi connectivity index (χ1) is 11.8. The van der Waals surface area contributed by atoms with E-state index in [-0.39, 0.29) is 18.8 Å². The largest absolute Gasteiger partial charge is 0.395 e. The van der Waals surface area contributed by atoms with Crippen molar-refractivity contribution < 1.29 is 10.2 Å². The maximum Gasteiger partial charge on any atom is 0.0834 e. The molecule has 1 saturated heterocycles. The second-order valence-electron chi connectivity index (χ2n) is 6.49. The number of hydrogen-bond donors (Lipinski definition) is 2. The van der Waals surface area contributed by atoms with Gasteiger partial charge in [0.15, 0.2) is 0 Å². The van der Waals surface area contributed by atoms with E-state index in [1.54, 1.807) is 0 Å². The Morgan fingerprint density at radius 1 is 0.917 bits per heavy atom. The van der Waals surface area contributed by atoms with Gasteiger partial charge in [-0.2, -0.15) is 0 Å². The van der Waals surface area contributed by atoms with Gasteiger partial charge in [-0.15, -0.1) is 0 Å². The molecular formula is C20H26N2O2. The maximum atomic E-state index is 10.5. The lowest BCUT2D eigenvalue weighted by atomic mass is 10.1. The van der Waals surface area contributed by atoms with E-state index in [1.807, 2.05) is 36.4 Å². The van der Waals surface area contributed by atoms with Crippen LogP contribution in [0.3, 0.4) is 0 Å². The number of hydrogen-bond acceptors (Lipinski definition) is 4. The number of aliphatic hydroxyl groups excluding tert-OH is 2. The van der Waals surface area contributed by atoms with Gasteiger partial charge in [-0.25, -0.2) is 0 Å². The summed E-state index contributed by atoms with van der Waals surface area (Å²) in [6.45, 7) is 3.79. The van der Waals surface area contributed by atoms with E-state index in [1.165, 1.54) is 11.1 Å². The molecule has 2 N–H and O–H groups in total. The minimum Gasteiger partial charge on any atom is -0.395 e. The summed E-state index contributed by atoms with van der Waals surface area (Å²) in [6.07, 6.45) is -0.385. The van der Waals surface area contributed by atoms with Gasteiger partial charge in [-0.05, 0) is 11.1 Å². The van der Waals surface area contributed by atoms with E-state index < -0.39 is 0 Å². The molecule has 2 aromatic carbocycles.